The first-order valence-electron chi connectivity index (χ1n) is 6.57. The number of hydrogen-bond acceptors (Lipinski definition) is 4. The summed E-state index contributed by atoms with van der Waals surface area (Å²) in [5.74, 6) is 0. The minimum atomic E-state index is -3.49. The zero-order chi connectivity index (χ0) is 14.5. The molecule has 6 heteroatoms. The summed E-state index contributed by atoms with van der Waals surface area (Å²) in [7, 11) is -1.89. The van der Waals surface area contributed by atoms with E-state index in [4.69, 9.17) is 0 Å². The summed E-state index contributed by atoms with van der Waals surface area (Å²) in [6, 6.07) is 3.33. The van der Waals surface area contributed by atoms with Crippen molar-refractivity contribution in [3.63, 3.8) is 0 Å². The van der Waals surface area contributed by atoms with E-state index in [0.29, 0.717) is 6.54 Å². The van der Waals surface area contributed by atoms with Gasteiger partial charge >= 0.3 is 0 Å². The second-order valence-electron chi connectivity index (χ2n) is 4.56. The molecule has 0 saturated carbocycles. The van der Waals surface area contributed by atoms with Gasteiger partial charge < -0.3 is 5.32 Å². The van der Waals surface area contributed by atoms with Crippen LogP contribution in [0.25, 0.3) is 0 Å². The molecule has 1 N–H and O–H groups in total. The lowest BCUT2D eigenvalue weighted by Crippen LogP contribution is -2.35. The van der Waals surface area contributed by atoms with Crippen molar-refractivity contribution in [2.75, 3.05) is 13.6 Å². The number of pyridine rings is 1. The Morgan fingerprint density at radius 1 is 1.37 bits per heavy atom. The Morgan fingerprint density at radius 3 is 2.53 bits per heavy atom. The van der Waals surface area contributed by atoms with Crippen molar-refractivity contribution >= 4 is 10.0 Å². The maximum absolute atomic E-state index is 12.3. The van der Waals surface area contributed by atoms with Crippen LogP contribution in [0.15, 0.2) is 23.4 Å². The van der Waals surface area contributed by atoms with Crippen LogP contribution in [0.2, 0.25) is 0 Å². The summed E-state index contributed by atoms with van der Waals surface area (Å²) < 4.78 is 26.0. The van der Waals surface area contributed by atoms with Crippen molar-refractivity contribution in [2.24, 2.45) is 0 Å². The van der Waals surface area contributed by atoms with Crippen LogP contribution < -0.4 is 5.32 Å². The van der Waals surface area contributed by atoms with E-state index in [2.05, 4.69) is 10.3 Å². The van der Waals surface area contributed by atoms with Crippen LogP contribution in [0.3, 0.4) is 0 Å². The third kappa shape index (κ3) is 3.99. The Morgan fingerprint density at radius 2 is 2.05 bits per heavy atom. The molecule has 1 heterocycles. The average molecular weight is 285 g/mol. The number of nitrogens with zero attached hydrogens (tertiary/aromatic N) is 2. The van der Waals surface area contributed by atoms with Crippen LogP contribution in [0, 0.1) is 0 Å². The molecule has 0 aliphatic rings. The number of hydrogen-bond donors (Lipinski definition) is 1. The first kappa shape index (κ1) is 16.1. The van der Waals surface area contributed by atoms with Crippen LogP contribution in [0.5, 0.6) is 0 Å². The first-order valence-corrected chi connectivity index (χ1v) is 8.01. The molecule has 5 nitrogen and oxygen atoms in total. The zero-order valence-electron chi connectivity index (χ0n) is 12.0. The molecule has 108 valence electrons. The van der Waals surface area contributed by atoms with Crippen molar-refractivity contribution in [3.8, 4) is 0 Å². The summed E-state index contributed by atoms with van der Waals surface area (Å²) in [6.07, 6.45) is 2.38. The Balaban J connectivity index is 2.90. The van der Waals surface area contributed by atoms with Gasteiger partial charge in [0.05, 0.1) is 0 Å². The second-order valence-corrected chi connectivity index (χ2v) is 6.51. The Hall–Kier alpha value is -0.980. The smallest absolute Gasteiger partial charge is 0.260 e. The van der Waals surface area contributed by atoms with E-state index < -0.39 is 10.0 Å². The fraction of sp³-hybridized carbons (Fsp3) is 0.615. The lowest BCUT2D eigenvalue weighted by molar-refractivity contribution is 0.379. The predicted molar refractivity (Wildman–Crippen MR) is 76.3 cm³/mol. The van der Waals surface area contributed by atoms with E-state index in [0.717, 1.165) is 18.5 Å². The van der Waals surface area contributed by atoms with Gasteiger partial charge in [0.1, 0.15) is 0 Å². The maximum Gasteiger partial charge on any atom is 0.260 e. The molecule has 1 unspecified atom stereocenters. The van der Waals surface area contributed by atoms with Crippen LogP contribution >= 0.6 is 0 Å². The summed E-state index contributed by atoms with van der Waals surface area (Å²) in [4.78, 5) is 4.07. The van der Waals surface area contributed by atoms with Crippen LogP contribution in [0.1, 0.15) is 32.8 Å². The van der Waals surface area contributed by atoms with Gasteiger partial charge in [0, 0.05) is 25.8 Å². The fourth-order valence-corrected chi connectivity index (χ4v) is 2.92. The lowest BCUT2D eigenvalue weighted by Gasteiger charge is -2.22. The summed E-state index contributed by atoms with van der Waals surface area (Å²) in [6.45, 7) is 7.44. The quantitative estimate of drug-likeness (QED) is 0.827. The number of nitrogens with one attached hydrogen (secondary N) is 1. The van der Waals surface area contributed by atoms with E-state index >= 15 is 0 Å². The molecule has 1 rings (SSSR count). The highest BCUT2D eigenvalue weighted by Gasteiger charge is 2.25. The molecule has 1 aromatic rings. The van der Waals surface area contributed by atoms with Gasteiger partial charge in [-0.2, -0.15) is 4.31 Å². The molecule has 1 aromatic heterocycles. The molecule has 19 heavy (non-hydrogen) atoms. The van der Waals surface area contributed by atoms with Crippen molar-refractivity contribution in [2.45, 2.75) is 44.8 Å². The van der Waals surface area contributed by atoms with Crippen molar-refractivity contribution in [1.82, 2.24) is 14.6 Å². The standard InChI is InChI=1S/C13H23N3O2S/c1-5-11(3)16(4)19(17,18)13-8-7-12(10-15-13)9-14-6-2/h7-8,10-11,14H,5-6,9H2,1-4H3. The maximum atomic E-state index is 12.3. The number of sulfonamides is 1. The molecule has 0 spiro atoms. The molecular formula is C13H23N3O2S. The molecule has 1 atom stereocenters. The van der Waals surface area contributed by atoms with E-state index in [-0.39, 0.29) is 11.1 Å². The Labute approximate surface area is 116 Å². The molecule has 0 amide bonds. The van der Waals surface area contributed by atoms with Gasteiger partial charge in [-0.25, -0.2) is 13.4 Å². The third-order valence-corrected chi connectivity index (χ3v) is 5.12. The Kier molecular flexibility index (Phi) is 5.90. The molecule has 0 aromatic carbocycles. The van der Waals surface area contributed by atoms with Crippen LogP contribution in [-0.2, 0) is 16.6 Å². The molecule has 0 fully saturated rings. The highest BCUT2D eigenvalue weighted by molar-refractivity contribution is 7.89. The predicted octanol–water partition coefficient (Wildman–Crippen LogP) is 1.61. The van der Waals surface area contributed by atoms with Gasteiger partial charge in [-0.1, -0.05) is 19.9 Å². The van der Waals surface area contributed by atoms with E-state index in [1.807, 2.05) is 20.8 Å². The van der Waals surface area contributed by atoms with Gasteiger partial charge in [0.15, 0.2) is 5.03 Å². The minimum absolute atomic E-state index is 0.0340. The number of rotatable bonds is 7. The SMILES string of the molecule is CCNCc1ccc(S(=O)(=O)N(C)C(C)CC)nc1. The van der Waals surface area contributed by atoms with Crippen LogP contribution in [-0.4, -0.2) is 37.3 Å². The van der Waals surface area contributed by atoms with Gasteiger partial charge in [0.25, 0.3) is 10.0 Å². The summed E-state index contributed by atoms with van der Waals surface area (Å²) in [5, 5.41) is 3.28. The van der Waals surface area contributed by atoms with Gasteiger partial charge in [0.2, 0.25) is 0 Å². The monoisotopic (exact) mass is 285 g/mol. The first-order chi connectivity index (χ1) is 8.93. The van der Waals surface area contributed by atoms with Gasteiger partial charge in [-0.05, 0) is 31.5 Å². The summed E-state index contributed by atoms with van der Waals surface area (Å²) in [5.41, 5.74) is 0.979. The lowest BCUT2D eigenvalue weighted by atomic mass is 10.3. The largest absolute Gasteiger partial charge is 0.313 e. The van der Waals surface area contributed by atoms with Crippen molar-refractivity contribution < 1.29 is 8.42 Å². The number of aromatic nitrogens is 1. The van der Waals surface area contributed by atoms with E-state index in [1.165, 1.54) is 4.31 Å². The van der Waals surface area contributed by atoms with E-state index in [9.17, 15) is 8.42 Å². The topological polar surface area (TPSA) is 62.3 Å². The minimum Gasteiger partial charge on any atom is -0.313 e. The second kappa shape index (κ2) is 6.98. The molecule has 0 aliphatic heterocycles. The molecule has 0 bridgehead atoms. The molecular weight excluding hydrogens is 262 g/mol. The zero-order valence-corrected chi connectivity index (χ0v) is 12.9. The van der Waals surface area contributed by atoms with Gasteiger partial charge in [-0.3, -0.25) is 0 Å². The summed E-state index contributed by atoms with van der Waals surface area (Å²) >= 11 is 0. The third-order valence-electron chi connectivity index (χ3n) is 3.23. The van der Waals surface area contributed by atoms with Gasteiger partial charge in [-0.15, -0.1) is 0 Å². The highest BCUT2D eigenvalue weighted by atomic mass is 32.2. The molecule has 0 radical (unpaired) electrons. The van der Waals surface area contributed by atoms with E-state index in [1.54, 1.807) is 25.4 Å². The van der Waals surface area contributed by atoms with Crippen molar-refractivity contribution in [3.05, 3.63) is 23.9 Å². The fourth-order valence-electron chi connectivity index (χ4n) is 1.58. The normalized spacial score (nSPS) is 13.7. The van der Waals surface area contributed by atoms with Crippen LogP contribution in [0.4, 0.5) is 0 Å². The molecule has 0 saturated heterocycles. The Bertz CT molecular complexity index is 485. The highest BCUT2D eigenvalue weighted by Crippen LogP contribution is 2.15. The molecule has 0 aliphatic carbocycles. The average Bonchev–Trinajstić information content (AvgIpc) is 2.43. The van der Waals surface area contributed by atoms with Crippen molar-refractivity contribution in [1.29, 1.82) is 0 Å².